The minimum absolute atomic E-state index is 0.166. The van der Waals surface area contributed by atoms with Crippen LogP contribution in [-0.2, 0) is 0 Å². The maximum absolute atomic E-state index is 12.9. The second-order valence-electron chi connectivity index (χ2n) is 4.01. The molecule has 76 valence electrons. The summed E-state index contributed by atoms with van der Waals surface area (Å²) < 4.78 is 12.9. The van der Waals surface area contributed by atoms with Crippen molar-refractivity contribution in [2.45, 2.75) is 32.2 Å². The third-order valence-electron chi connectivity index (χ3n) is 2.81. The molecule has 1 aromatic rings. The molecular formula is C12H16FN. The van der Waals surface area contributed by atoms with Crippen LogP contribution >= 0.6 is 0 Å². The topological polar surface area (TPSA) is 12.0 Å². The van der Waals surface area contributed by atoms with E-state index in [4.69, 9.17) is 0 Å². The predicted molar refractivity (Wildman–Crippen MR) is 56.8 cm³/mol. The zero-order chi connectivity index (χ0) is 9.97. The molecule has 0 aliphatic heterocycles. The van der Waals surface area contributed by atoms with Crippen LogP contribution < -0.4 is 5.32 Å². The molecule has 0 aromatic heterocycles. The number of rotatable bonds is 4. The molecule has 14 heavy (non-hydrogen) atoms. The van der Waals surface area contributed by atoms with Crippen molar-refractivity contribution < 1.29 is 4.39 Å². The van der Waals surface area contributed by atoms with Crippen molar-refractivity contribution in [1.82, 2.24) is 0 Å². The lowest BCUT2D eigenvalue weighted by Gasteiger charge is -2.17. The molecule has 0 amide bonds. The van der Waals surface area contributed by atoms with E-state index in [2.05, 4.69) is 12.2 Å². The highest BCUT2D eigenvalue weighted by molar-refractivity contribution is 5.44. The molecule has 0 saturated heterocycles. The van der Waals surface area contributed by atoms with Crippen molar-refractivity contribution in [3.05, 3.63) is 30.1 Å². The first-order valence-corrected chi connectivity index (χ1v) is 5.31. The fourth-order valence-electron chi connectivity index (χ4n) is 1.84. The first-order valence-electron chi connectivity index (χ1n) is 5.31. The van der Waals surface area contributed by atoms with Gasteiger partial charge in [0.1, 0.15) is 5.82 Å². The molecule has 1 N–H and O–H groups in total. The number of hydrogen-bond donors (Lipinski definition) is 1. The minimum Gasteiger partial charge on any atom is -0.382 e. The van der Waals surface area contributed by atoms with E-state index in [9.17, 15) is 4.39 Å². The van der Waals surface area contributed by atoms with Gasteiger partial charge in [0.2, 0.25) is 0 Å². The molecule has 1 saturated carbocycles. The monoisotopic (exact) mass is 193 g/mol. The maximum Gasteiger partial charge on any atom is 0.125 e. The van der Waals surface area contributed by atoms with E-state index in [0.29, 0.717) is 6.04 Å². The van der Waals surface area contributed by atoms with Gasteiger partial charge >= 0.3 is 0 Å². The molecule has 2 heteroatoms. The van der Waals surface area contributed by atoms with Crippen molar-refractivity contribution in [3.63, 3.8) is 0 Å². The number of nitrogens with one attached hydrogen (secondary N) is 1. The first kappa shape index (κ1) is 9.50. The highest BCUT2D eigenvalue weighted by atomic mass is 19.1. The number of anilines is 1. The van der Waals surface area contributed by atoms with E-state index in [0.717, 1.165) is 18.0 Å². The van der Waals surface area contributed by atoms with Gasteiger partial charge in [0.05, 0.1) is 0 Å². The van der Waals surface area contributed by atoms with E-state index in [1.165, 1.54) is 18.9 Å². The Balaban J connectivity index is 2.01. The van der Waals surface area contributed by atoms with Crippen LogP contribution in [0, 0.1) is 11.7 Å². The normalized spacial score (nSPS) is 17.9. The van der Waals surface area contributed by atoms with E-state index < -0.39 is 0 Å². The van der Waals surface area contributed by atoms with Gasteiger partial charge in [0, 0.05) is 11.7 Å². The number of halogens is 1. The zero-order valence-corrected chi connectivity index (χ0v) is 8.46. The largest absolute Gasteiger partial charge is 0.382 e. The van der Waals surface area contributed by atoms with Gasteiger partial charge in [-0.25, -0.2) is 4.39 Å². The maximum atomic E-state index is 12.9. The second-order valence-corrected chi connectivity index (χ2v) is 4.01. The summed E-state index contributed by atoms with van der Waals surface area (Å²) in [5, 5.41) is 3.39. The number of hydrogen-bond acceptors (Lipinski definition) is 1. The lowest BCUT2D eigenvalue weighted by atomic mass is 10.1. The van der Waals surface area contributed by atoms with Crippen molar-refractivity contribution in [2.75, 3.05) is 5.32 Å². The summed E-state index contributed by atoms with van der Waals surface area (Å²) in [5.74, 6) is 0.643. The highest BCUT2D eigenvalue weighted by Gasteiger charge is 2.29. The molecular weight excluding hydrogens is 177 g/mol. The van der Waals surface area contributed by atoms with E-state index >= 15 is 0 Å². The Morgan fingerprint density at radius 2 is 2.29 bits per heavy atom. The van der Waals surface area contributed by atoms with Gasteiger partial charge in [-0.05, 0) is 43.4 Å². The van der Waals surface area contributed by atoms with E-state index in [1.54, 1.807) is 12.1 Å². The van der Waals surface area contributed by atoms with Crippen LogP contribution in [0.5, 0.6) is 0 Å². The molecule has 1 aromatic carbocycles. The Hall–Kier alpha value is -1.05. The summed E-state index contributed by atoms with van der Waals surface area (Å²) in [4.78, 5) is 0. The lowest BCUT2D eigenvalue weighted by Crippen LogP contribution is -2.20. The predicted octanol–water partition coefficient (Wildman–Crippen LogP) is 3.43. The van der Waals surface area contributed by atoms with Gasteiger partial charge in [-0.15, -0.1) is 0 Å². The first-order chi connectivity index (χ1) is 6.79. The molecule has 0 heterocycles. The zero-order valence-electron chi connectivity index (χ0n) is 8.46. The molecule has 1 atom stereocenters. The Morgan fingerprint density at radius 3 is 2.86 bits per heavy atom. The Labute approximate surface area is 84.3 Å². The van der Waals surface area contributed by atoms with Crippen molar-refractivity contribution in [2.24, 2.45) is 5.92 Å². The van der Waals surface area contributed by atoms with Crippen LogP contribution in [0.3, 0.4) is 0 Å². The third-order valence-corrected chi connectivity index (χ3v) is 2.81. The van der Waals surface area contributed by atoms with Crippen LogP contribution in [0.1, 0.15) is 26.2 Å². The molecule has 1 aliphatic carbocycles. The molecule has 1 fully saturated rings. The fraction of sp³-hybridized carbons (Fsp3) is 0.500. The Bertz CT molecular complexity index is 307. The summed E-state index contributed by atoms with van der Waals surface area (Å²) in [5.41, 5.74) is 0.906. The molecule has 2 rings (SSSR count). The SMILES string of the molecule is CCC(Nc1cccc(F)c1)C1CC1. The van der Waals surface area contributed by atoms with Gasteiger partial charge in [-0.2, -0.15) is 0 Å². The fourth-order valence-corrected chi connectivity index (χ4v) is 1.84. The van der Waals surface area contributed by atoms with E-state index in [1.807, 2.05) is 6.07 Å². The molecule has 0 radical (unpaired) electrons. The van der Waals surface area contributed by atoms with Crippen molar-refractivity contribution >= 4 is 5.69 Å². The van der Waals surface area contributed by atoms with Crippen LogP contribution in [0.4, 0.5) is 10.1 Å². The quantitative estimate of drug-likeness (QED) is 0.772. The Morgan fingerprint density at radius 1 is 1.50 bits per heavy atom. The lowest BCUT2D eigenvalue weighted by molar-refractivity contribution is 0.610. The van der Waals surface area contributed by atoms with E-state index in [-0.39, 0.29) is 5.82 Å². The number of benzene rings is 1. The summed E-state index contributed by atoms with van der Waals surface area (Å²) in [6, 6.07) is 7.23. The summed E-state index contributed by atoms with van der Waals surface area (Å²) >= 11 is 0. The highest BCUT2D eigenvalue weighted by Crippen LogP contribution is 2.35. The van der Waals surface area contributed by atoms with Gasteiger partial charge < -0.3 is 5.32 Å². The molecule has 1 nitrogen and oxygen atoms in total. The van der Waals surface area contributed by atoms with Crippen LogP contribution in [0.2, 0.25) is 0 Å². The average Bonchev–Trinajstić information content (AvgIpc) is 2.97. The standard InChI is InChI=1S/C12H16FN/c1-2-12(9-6-7-9)14-11-5-3-4-10(13)8-11/h3-5,8-9,12,14H,2,6-7H2,1H3. The van der Waals surface area contributed by atoms with Crippen molar-refractivity contribution in [1.29, 1.82) is 0 Å². The minimum atomic E-state index is -0.166. The summed E-state index contributed by atoms with van der Waals surface area (Å²) in [7, 11) is 0. The summed E-state index contributed by atoms with van der Waals surface area (Å²) in [6.07, 6.45) is 3.75. The molecule has 0 spiro atoms. The molecule has 1 aliphatic rings. The van der Waals surface area contributed by atoms with Gasteiger partial charge in [-0.3, -0.25) is 0 Å². The van der Waals surface area contributed by atoms with Crippen molar-refractivity contribution in [3.8, 4) is 0 Å². The Kier molecular flexibility index (Phi) is 2.71. The van der Waals surface area contributed by atoms with Gasteiger partial charge in [-0.1, -0.05) is 13.0 Å². The second kappa shape index (κ2) is 3.99. The average molecular weight is 193 g/mol. The summed E-state index contributed by atoms with van der Waals surface area (Å²) in [6.45, 7) is 2.18. The smallest absolute Gasteiger partial charge is 0.125 e. The van der Waals surface area contributed by atoms with Crippen LogP contribution in [-0.4, -0.2) is 6.04 Å². The van der Waals surface area contributed by atoms with Gasteiger partial charge in [0.15, 0.2) is 0 Å². The molecule has 1 unspecified atom stereocenters. The molecule has 0 bridgehead atoms. The van der Waals surface area contributed by atoms with Crippen LogP contribution in [0.25, 0.3) is 0 Å². The van der Waals surface area contributed by atoms with Gasteiger partial charge in [0.25, 0.3) is 0 Å². The van der Waals surface area contributed by atoms with Crippen LogP contribution in [0.15, 0.2) is 24.3 Å². The third kappa shape index (κ3) is 2.25.